The zero-order valence-electron chi connectivity index (χ0n) is 11.2. The van der Waals surface area contributed by atoms with E-state index in [4.69, 9.17) is 9.15 Å². The number of carboxylic acid groups (broad SMARTS) is 1. The SMILES string of the molecule is COc1ccc(/C=C(\Sc2nnc(C)o2)C(=O)O)cc1[O-]. The van der Waals surface area contributed by atoms with E-state index in [9.17, 15) is 15.0 Å². The second-order valence-electron chi connectivity index (χ2n) is 3.91. The summed E-state index contributed by atoms with van der Waals surface area (Å²) in [6.45, 7) is 1.61. The van der Waals surface area contributed by atoms with Crippen LogP contribution in [0.3, 0.4) is 0 Å². The van der Waals surface area contributed by atoms with Crippen molar-refractivity contribution in [1.29, 1.82) is 0 Å². The Morgan fingerprint density at radius 2 is 2.24 bits per heavy atom. The molecule has 0 saturated heterocycles. The minimum absolute atomic E-state index is 0.0387. The molecule has 7 nitrogen and oxygen atoms in total. The van der Waals surface area contributed by atoms with Gasteiger partial charge in [0.15, 0.2) is 0 Å². The number of methoxy groups -OCH3 is 1. The number of hydrogen-bond acceptors (Lipinski definition) is 7. The molecule has 0 aliphatic carbocycles. The highest BCUT2D eigenvalue weighted by Gasteiger charge is 2.14. The van der Waals surface area contributed by atoms with Crippen molar-refractivity contribution in [2.45, 2.75) is 12.1 Å². The van der Waals surface area contributed by atoms with Gasteiger partial charge in [-0.2, -0.15) is 0 Å². The highest BCUT2D eigenvalue weighted by atomic mass is 32.2. The van der Waals surface area contributed by atoms with Crippen molar-refractivity contribution in [1.82, 2.24) is 10.2 Å². The Balaban J connectivity index is 2.29. The molecule has 2 aromatic rings. The van der Waals surface area contributed by atoms with Crippen LogP contribution in [-0.4, -0.2) is 28.4 Å². The molecular weight excluding hydrogens is 296 g/mol. The van der Waals surface area contributed by atoms with Gasteiger partial charge in [0.1, 0.15) is 10.7 Å². The highest BCUT2D eigenvalue weighted by molar-refractivity contribution is 8.03. The molecule has 1 aromatic carbocycles. The summed E-state index contributed by atoms with van der Waals surface area (Å²) >= 11 is 0.816. The lowest BCUT2D eigenvalue weighted by Crippen LogP contribution is -1.98. The molecular formula is C13H11N2O5S-. The highest BCUT2D eigenvalue weighted by Crippen LogP contribution is 2.29. The maximum atomic E-state index is 11.6. The number of rotatable bonds is 5. The third kappa shape index (κ3) is 3.76. The first kappa shape index (κ1) is 14.9. The lowest BCUT2D eigenvalue weighted by Gasteiger charge is -2.12. The molecule has 0 amide bonds. The largest absolute Gasteiger partial charge is 0.870 e. The van der Waals surface area contributed by atoms with E-state index in [1.165, 1.54) is 25.3 Å². The van der Waals surface area contributed by atoms with Gasteiger partial charge in [-0.15, -0.1) is 10.2 Å². The lowest BCUT2D eigenvalue weighted by molar-refractivity contribution is -0.270. The van der Waals surface area contributed by atoms with Gasteiger partial charge in [-0.05, 0) is 29.5 Å². The van der Waals surface area contributed by atoms with Gasteiger partial charge < -0.3 is 19.4 Å². The zero-order chi connectivity index (χ0) is 15.4. The summed E-state index contributed by atoms with van der Waals surface area (Å²) in [4.78, 5) is 11.2. The fraction of sp³-hybridized carbons (Fsp3) is 0.154. The minimum atomic E-state index is -1.15. The summed E-state index contributed by atoms with van der Waals surface area (Å²) in [6, 6.07) is 4.36. The first-order valence-corrected chi connectivity index (χ1v) is 6.59. The van der Waals surface area contributed by atoms with Gasteiger partial charge in [-0.25, -0.2) is 4.79 Å². The van der Waals surface area contributed by atoms with Gasteiger partial charge in [0.05, 0.1) is 7.11 Å². The number of benzene rings is 1. The smallest absolute Gasteiger partial charge is 0.342 e. The summed E-state index contributed by atoms with van der Waals surface area (Å²) in [6.07, 6.45) is 1.35. The molecule has 0 bridgehead atoms. The van der Waals surface area contributed by atoms with Crippen molar-refractivity contribution in [3.8, 4) is 11.5 Å². The number of ether oxygens (including phenoxy) is 1. The molecule has 1 N–H and O–H groups in total. The summed E-state index contributed by atoms with van der Waals surface area (Å²) in [7, 11) is 1.39. The van der Waals surface area contributed by atoms with Crippen molar-refractivity contribution in [3.63, 3.8) is 0 Å². The molecule has 110 valence electrons. The molecule has 2 rings (SSSR count). The fourth-order valence-corrected chi connectivity index (χ4v) is 2.20. The van der Waals surface area contributed by atoms with Crippen LogP contribution in [0.2, 0.25) is 0 Å². The molecule has 0 aliphatic rings. The Kier molecular flexibility index (Phi) is 4.49. The van der Waals surface area contributed by atoms with E-state index in [-0.39, 0.29) is 21.6 Å². The summed E-state index contributed by atoms with van der Waals surface area (Å²) in [5, 5.41) is 28.3. The van der Waals surface area contributed by atoms with Gasteiger partial charge in [-0.3, -0.25) is 0 Å². The third-order valence-electron chi connectivity index (χ3n) is 2.40. The van der Waals surface area contributed by atoms with Crippen LogP contribution in [0.25, 0.3) is 6.08 Å². The summed E-state index contributed by atoms with van der Waals surface area (Å²) < 4.78 is 9.98. The van der Waals surface area contributed by atoms with Crippen molar-refractivity contribution < 1.29 is 24.2 Å². The van der Waals surface area contributed by atoms with Crippen LogP contribution in [0.15, 0.2) is 32.7 Å². The van der Waals surface area contributed by atoms with E-state index >= 15 is 0 Å². The average molecular weight is 307 g/mol. The standard InChI is InChI=1S/C13H12N2O5S/c1-7-14-15-13(20-7)21-11(12(17)18)6-8-3-4-10(19-2)9(16)5-8/h3-6,16H,1-2H3,(H,17,18)/p-1/b11-6-. The Morgan fingerprint density at radius 1 is 1.48 bits per heavy atom. The Hall–Kier alpha value is -2.48. The maximum Gasteiger partial charge on any atom is 0.342 e. The number of aromatic nitrogens is 2. The number of hydrogen-bond donors (Lipinski definition) is 1. The normalized spacial score (nSPS) is 11.4. The Labute approximate surface area is 124 Å². The summed E-state index contributed by atoms with van der Waals surface area (Å²) in [5.41, 5.74) is 0.446. The summed E-state index contributed by atoms with van der Waals surface area (Å²) in [5.74, 6) is -0.938. The van der Waals surface area contributed by atoms with Crippen LogP contribution in [0.4, 0.5) is 0 Å². The predicted octanol–water partition coefficient (Wildman–Crippen LogP) is 1.68. The number of aryl methyl sites for hydroxylation is 1. The van der Waals surface area contributed by atoms with Gasteiger partial charge in [0.25, 0.3) is 5.22 Å². The van der Waals surface area contributed by atoms with Gasteiger partial charge >= 0.3 is 5.97 Å². The van der Waals surface area contributed by atoms with Crippen molar-refractivity contribution in [2.75, 3.05) is 7.11 Å². The van der Waals surface area contributed by atoms with Crippen LogP contribution in [0, 0.1) is 6.92 Å². The number of thioether (sulfide) groups is 1. The molecule has 0 saturated carbocycles. The number of nitrogens with zero attached hydrogens (tertiary/aromatic N) is 2. The topological polar surface area (TPSA) is 109 Å². The second kappa shape index (κ2) is 6.31. The third-order valence-corrected chi connectivity index (χ3v) is 3.25. The minimum Gasteiger partial charge on any atom is -0.870 e. The lowest BCUT2D eigenvalue weighted by atomic mass is 10.2. The molecule has 0 unspecified atom stereocenters. The monoisotopic (exact) mass is 307 g/mol. The van der Waals surface area contributed by atoms with Crippen molar-refractivity contribution in [2.24, 2.45) is 0 Å². The molecule has 1 aromatic heterocycles. The van der Waals surface area contributed by atoms with Crippen LogP contribution in [0.1, 0.15) is 11.5 Å². The molecule has 8 heteroatoms. The van der Waals surface area contributed by atoms with E-state index in [0.29, 0.717) is 11.5 Å². The van der Waals surface area contributed by atoms with Crippen LogP contribution in [-0.2, 0) is 4.79 Å². The van der Waals surface area contributed by atoms with Crippen LogP contribution >= 0.6 is 11.8 Å². The van der Waals surface area contributed by atoms with E-state index < -0.39 is 5.97 Å². The first-order valence-electron chi connectivity index (χ1n) is 5.77. The average Bonchev–Trinajstić information content (AvgIpc) is 2.83. The van der Waals surface area contributed by atoms with Crippen LogP contribution < -0.4 is 9.84 Å². The van der Waals surface area contributed by atoms with E-state index in [1.54, 1.807) is 13.0 Å². The number of aliphatic carboxylic acids is 1. The molecule has 1 heterocycles. The van der Waals surface area contributed by atoms with Crippen LogP contribution in [0.5, 0.6) is 11.5 Å². The molecule has 0 radical (unpaired) electrons. The van der Waals surface area contributed by atoms with Crippen molar-refractivity contribution >= 4 is 23.8 Å². The quantitative estimate of drug-likeness (QED) is 0.656. The number of carboxylic acids is 1. The maximum absolute atomic E-state index is 11.6. The Bertz CT molecular complexity index is 696. The van der Waals surface area contributed by atoms with E-state index in [0.717, 1.165) is 11.8 Å². The fourth-order valence-electron chi connectivity index (χ4n) is 1.48. The predicted molar refractivity (Wildman–Crippen MR) is 72.9 cm³/mol. The van der Waals surface area contributed by atoms with Gasteiger partial charge in [-0.1, -0.05) is 17.9 Å². The van der Waals surface area contributed by atoms with Crippen molar-refractivity contribution in [3.05, 3.63) is 34.6 Å². The second-order valence-corrected chi connectivity index (χ2v) is 4.91. The molecule has 0 fully saturated rings. The molecule has 0 aliphatic heterocycles. The zero-order valence-corrected chi connectivity index (χ0v) is 12.0. The first-order chi connectivity index (χ1) is 9.99. The molecule has 21 heavy (non-hydrogen) atoms. The molecule has 0 atom stereocenters. The van der Waals surface area contributed by atoms with E-state index in [1.807, 2.05) is 0 Å². The van der Waals surface area contributed by atoms with E-state index in [2.05, 4.69) is 10.2 Å². The van der Waals surface area contributed by atoms with Gasteiger partial charge in [0.2, 0.25) is 5.89 Å². The molecule has 0 spiro atoms. The van der Waals surface area contributed by atoms with Gasteiger partial charge in [0, 0.05) is 6.92 Å². The Morgan fingerprint density at radius 3 is 2.76 bits per heavy atom. The number of carbonyl (C=O) groups is 1.